The van der Waals surface area contributed by atoms with Crippen LogP contribution in [0.3, 0.4) is 0 Å². The zero-order valence-electron chi connectivity index (χ0n) is 11.0. The first-order valence-electron chi connectivity index (χ1n) is 6.53. The van der Waals surface area contributed by atoms with Crippen molar-refractivity contribution in [3.63, 3.8) is 0 Å². The number of rotatable bonds is 6. The minimum atomic E-state index is -0.571. The minimum Gasteiger partial charge on any atom is -0.303 e. The summed E-state index contributed by atoms with van der Waals surface area (Å²) in [5, 5.41) is 0.659. The number of benzene rings is 1. The molecule has 0 saturated heterocycles. The van der Waals surface area contributed by atoms with E-state index in [0.717, 1.165) is 25.7 Å². The summed E-state index contributed by atoms with van der Waals surface area (Å²) in [6.45, 7) is 4.15. The summed E-state index contributed by atoms with van der Waals surface area (Å²) in [5.74, 6) is -1.11. The van der Waals surface area contributed by atoms with Gasteiger partial charge < -0.3 is 4.90 Å². The zero-order chi connectivity index (χ0) is 14.7. The van der Waals surface area contributed by atoms with Crippen LogP contribution in [0.4, 0.5) is 5.69 Å². The highest BCUT2D eigenvalue weighted by atomic mass is 35.5. The number of amides is 1. The Bertz CT molecular complexity index is 569. The summed E-state index contributed by atoms with van der Waals surface area (Å²) in [6.07, 6.45) is 5.63. The molecule has 0 saturated carbocycles. The Morgan fingerprint density at radius 2 is 1.80 bits per heavy atom. The Balaban J connectivity index is 2.16. The topological polar surface area (TPSA) is 37.4 Å². The largest absolute Gasteiger partial charge is 0.303 e. The van der Waals surface area contributed by atoms with E-state index in [1.165, 1.54) is 4.90 Å². The number of carbonyl (C=O) groups excluding carboxylic acids is 2. The maximum Gasteiger partial charge on any atom is 0.299 e. The van der Waals surface area contributed by atoms with Gasteiger partial charge in [0.2, 0.25) is 0 Å². The van der Waals surface area contributed by atoms with Gasteiger partial charge in [-0.15, -0.1) is 6.58 Å². The number of anilines is 1. The lowest BCUT2D eigenvalue weighted by molar-refractivity contribution is -0.114. The third-order valence-corrected chi connectivity index (χ3v) is 3.92. The molecule has 0 radical (unpaired) electrons. The number of fused-ring (bicyclic) bond motifs is 1. The fraction of sp³-hybridized carbons (Fsp3) is 0.333. The standard InChI is InChI=1S/C15H15Cl2NO2/c1-2-3-4-5-6-9-18-13-11(17)8-7-10(16)12(13)14(19)15(18)20/h2,7-8H,1,3-6,9H2. The number of unbranched alkanes of at least 4 members (excludes halogenated alkanes) is 3. The lowest BCUT2D eigenvalue weighted by atomic mass is 10.1. The van der Waals surface area contributed by atoms with Crippen LogP contribution in [-0.2, 0) is 4.79 Å². The first-order chi connectivity index (χ1) is 9.57. The van der Waals surface area contributed by atoms with E-state index in [-0.39, 0.29) is 10.6 Å². The molecular formula is C15H15Cl2NO2. The molecule has 0 aromatic heterocycles. The average Bonchev–Trinajstić information content (AvgIpc) is 2.68. The molecule has 0 spiro atoms. The number of nitrogens with zero attached hydrogens (tertiary/aromatic N) is 1. The van der Waals surface area contributed by atoms with Gasteiger partial charge in [-0.2, -0.15) is 0 Å². The molecule has 0 fully saturated rings. The van der Waals surface area contributed by atoms with E-state index >= 15 is 0 Å². The van der Waals surface area contributed by atoms with Crippen LogP contribution >= 0.6 is 23.2 Å². The second kappa shape index (κ2) is 6.42. The molecule has 1 aromatic rings. The van der Waals surface area contributed by atoms with E-state index in [4.69, 9.17) is 23.2 Å². The number of ketones is 1. The molecule has 5 heteroatoms. The van der Waals surface area contributed by atoms with E-state index in [2.05, 4.69) is 6.58 Å². The van der Waals surface area contributed by atoms with Crippen molar-refractivity contribution < 1.29 is 9.59 Å². The number of hydrogen-bond donors (Lipinski definition) is 0. The van der Waals surface area contributed by atoms with Crippen LogP contribution in [0, 0.1) is 0 Å². The van der Waals surface area contributed by atoms with Crippen molar-refractivity contribution in [2.24, 2.45) is 0 Å². The molecule has 0 aliphatic carbocycles. The van der Waals surface area contributed by atoms with Crippen LogP contribution in [0.2, 0.25) is 10.0 Å². The predicted octanol–water partition coefficient (Wildman–Crippen LogP) is 4.27. The normalized spacial score (nSPS) is 13.8. The van der Waals surface area contributed by atoms with Gasteiger partial charge in [-0.3, -0.25) is 9.59 Å². The molecule has 106 valence electrons. The van der Waals surface area contributed by atoms with E-state index in [1.807, 2.05) is 6.08 Å². The maximum atomic E-state index is 12.0. The molecule has 3 nitrogen and oxygen atoms in total. The van der Waals surface area contributed by atoms with E-state index < -0.39 is 11.7 Å². The summed E-state index contributed by atoms with van der Waals surface area (Å²) in [5.41, 5.74) is 0.688. The SMILES string of the molecule is C=CCCCCCN1C(=O)C(=O)c2c(Cl)ccc(Cl)c21. The van der Waals surface area contributed by atoms with Gasteiger partial charge in [0.25, 0.3) is 11.7 Å². The highest BCUT2D eigenvalue weighted by molar-refractivity contribution is 6.56. The zero-order valence-corrected chi connectivity index (χ0v) is 12.5. The van der Waals surface area contributed by atoms with Crippen LogP contribution in [0.25, 0.3) is 0 Å². The average molecular weight is 312 g/mol. The monoisotopic (exact) mass is 311 g/mol. The Morgan fingerprint density at radius 1 is 1.10 bits per heavy atom. The number of halogens is 2. The van der Waals surface area contributed by atoms with E-state index in [9.17, 15) is 9.59 Å². The molecule has 20 heavy (non-hydrogen) atoms. The van der Waals surface area contributed by atoms with Crippen LogP contribution in [0.15, 0.2) is 24.8 Å². The first-order valence-corrected chi connectivity index (χ1v) is 7.28. The molecule has 1 aliphatic rings. The lowest BCUT2D eigenvalue weighted by Gasteiger charge is -2.17. The van der Waals surface area contributed by atoms with Crippen molar-refractivity contribution in [1.29, 1.82) is 0 Å². The van der Waals surface area contributed by atoms with Crippen molar-refractivity contribution in [3.05, 3.63) is 40.4 Å². The highest BCUT2D eigenvalue weighted by Crippen LogP contribution is 2.40. The second-order valence-corrected chi connectivity index (χ2v) is 5.49. The van der Waals surface area contributed by atoms with Gasteiger partial charge in [-0.1, -0.05) is 35.7 Å². The van der Waals surface area contributed by atoms with E-state index in [1.54, 1.807) is 12.1 Å². The smallest absolute Gasteiger partial charge is 0.299 e. The van der Waals surface area contributed by atoms with Gasteiger partial charge in [0.05, 0.1) is 21.3 Å². The Hall–Kier alpha value is -1.32. The number of Topliss-reactive ketones (excluding diaryl/α,β-unsaturated/α-hetero) is 1. The molecule has 1 heterocycles. The van der Waals surface area contributed by atoms with Crippen molar-refractivity contribution in [2.75, 3.05) is 11.4 Å². The fourth-order valence-corrected chi connectivity index (χ4v) is 2.80. The molecule has 0 N–H and O–H groups in total. The van der Waals surface area contributed by atoms with Gasteiger partial charge >= 0.3 is 0 Å². The van der Waals surface area contributed by atoms with Crippen LogP contribution in [0.5, 0.6) is 0 Å². The summed E-state index contributed by atoms with van der Waals surface area (Å²) < 4.78 is 0. The quantitative estimate of drug-likeness (QED) is 0.447. The minimum absolute atomic E-state index is 0.232. The molecule has 0 bridgehead atoms. The third kappa shape index (κ3) is 2.74. The van der Waals surface area contributed by atoms with Crippen molar-refractivity contribution in [2.45, 2.75) is 25.7 Å². The van der Waals surface area contributed by atoms with Crippen LogP contribution in [-0.4, -0.2) is 18.2 Å². The molecule has 1 aromatic carbocycles. The Kier molecular flexibility index (Phi) is 4.84. The van der Waals surface area contributed by atoms with Gasteiger partial charge in [0.1, 0.15) is 0 Å². The lowest BCUT2D eigenvalue weighted by Crippen LogP contribution is -2.30. The molecule has 0 unspecified atom stereocenters. The van der Waals surface area contributed by atoms with E-state index in [0.29, 0.717) is 17.3 Å². The first kappa shape index (κ1) is 15.1. The van der Waals surface area contributed by atoms with Gasteiger partial charge in [-0.25, -0.2) is 0 Å². The Labute approximate surface area is 128 Å². The molecular weight excluding hydrogens is 297 g/mol. The van der Waals surface area contributed by atoms with Crippen molar-refractivity contribution in [1.82, 2.24) is 0 Å². The van der Waals surface area contributed by atoms with Gasteiger partial charge in [0, 0.05) is 6.54 Å². The Morgan fingerprint density at radius 3 is 2.50 bits per heavy atom. The van der Waals surface area contributed by atoms with Gasteiger partial charge in [0.15, 0.2) is 0 Å². The van der Waals surface area contributed by atoms with Crippen LogP contribution < -0.4 is 4.90 Å². The molecule has 0 atom stereocenters. The summed E-state index contributed by atoms with van der Waals surface area (Å²) in [4.78, 5) is 25.4. The number of allylic oxidation sites excluding steroid dienone is 1. The highest BCUT2D eigenvalue weighted by Gasteiger charge is 2.38. The third-order valence-electron chi connectivity index (χ3n) is 3.30. The second-order valence-electron chi connectivity index (χ2n) is 4.68. The molecule has 1 amide bonds. The summed E-state index contributed by atoms with van der Waals surface area (Å²) in [6, 6.07) is 3.15. The van der Waals surface area contributed by atoms with Crippen LogP contribution in [0.1, 0.15) is 36.0 Å². The summed E-state index contributed by atoms with van der Waals surface area (Å²) >= 11 is 12.1. The maximum absolute atomic E-state index is 12.0. The number of carbonyl (C=O) groups is 2. The summed E-state index contributed by atoms with van der Waals surface area (Å²) in [7, 11) is 0. The predicted molar refractivity (Wildman–Crippen MR) is 81.8 cm³/mol. The van der Waals surface area contributed by atoms with Crippen molar-refractivity contribution >= 4 is 40.6 Å². The van der Waals surface area contributed by atoms with Crippen molar-refractivity contribution in [3.8, 4) is 0 Å². The molecule has 1 aliphatic heterocycles. The van der Waals surface area contributed by atoms with Gasteiger partial charge in [-0.05, 0) is 31.4 Å². The molecule has 2 rings (SSSR count). The number of hydrogen-bond acceptors (Lipinski definition) is 2. The fourth-order valence-electron chi connectivity index (χ4n) is 2.30.